The van der Waals surface area contributed by atoms with Crippen LogP contribution in [-0.4, -0.2) is 15.0 Å². The Labute approximate surface area is 113 Å². The molecule has 0 aliphatic heterocycles. The zero-order chi connectivity index (χ0) is 12.7. The molecule has 0 amide bonds. The largest absolute Gasteiger partial charge is 0.256 e. The maximum Gasteiger partial charge on any atom is 0.127 e. The van der Waals surface area contributed by atoms with Gasteiger partial charge in [-0.25, -0.2) is 9.97 Å². The zero-order valence-electron chi connectivity index (χ0n) is 9.95. The quantitative estimate of drug-likeness (QED) is 0.522. The highest BCUT2D eigenvalue weighted by Gasteiger charge is 2.08. The van der Waals surface area contributed by atoms with E-state index in [4.69, 9.17) is 0 Å². The summed E-state index contributed by atoms with van der Waals surface area (Å²) in [4.78, 5) is 14.2. The van der Waals surface area contributed by atoms with Gasteiger partial charge in [-0.05, 0) is 23.6 Å². The Kier molecular flexibility index (Phi) is 2.28. The number of hydrogen-bond donors (Lipinski definition) is 0. The number of thiophene rings is 1. The van der Waals surface area contributed by atoms with Crippen molar-refractivity contribution in [1.29, 1.82) is 0 Å². The maximum absolute atomic E-state index is 4.49. The van der Waals surface area contributed by atoms with Crippen molar-refractivity contribution in [2.24, 2.45) is 0 Å². The summed E-state index contributed by atoms with van der Waals surface area (Å²) in [6, 6.07) is 12.3. The molecule has 0 aliphatic carbocycles. The van der Waals surface area contributed by atoms with Crippen molar-refractivity contribution >= 4 is 32.5 Å². The fraction of sp³-hybridized carbons (Fsp3) is 0. The summed E-state index contributed by atoms with van der Waals surface area (Å²) in [5.74, 6) is 0. The second-order valence-electron chi connectivity index (χ2n) is 4.28. The molecule has 4 aromatic rings. The van der Waals surface area contributed by atoms with Crippen molar-refractivity contribution in [3.8, 4) is 11.3 Å². The molecule has 3 aromatic heterocycles. The average Bonchev–Trinajstić information content (AvgIpc) is 2.95. The number of benzene rings is 1. The molecule has 4 heteroatoms. The lowest BCUT2D eigenvalue weighted by Crippen LogP contribution is -1.88. The van der Waals surface area contributed by atoms with Gasteiger partial charge in [-0.3, -0.25) is 4.98 Å². The first-order valence-corrected chi connectivity index (χ1v) is 6.83. The van der Waals surface area contributed by atoms with E-state index >= 15 is 0 Å². The molecule has 0 unspecified atom stereocenters. The van der Waals surface area contributed by atoms with E-state index in [9.17, 15) is 0 Å². The summed E-state index contributed by atoms with van der Waals surface area (Å²) >= 11 is 1.63. The van der Waals surface area contributed by atoms with Gasteiger partial charge in [-0.1, -0.05) is 18.2 Å². The highest BCUT2D eigenvalue weighted by Crippen LogP contribution is 2.29. The molecule has 90 valence electrons. The molecule has 1 aromatic carbocycles. The van der Waals surface area contributed by atoms with Gasteiger partial charge >= 0.3 is 0 Å². The summed E-state index contributed by atoms with van der Waals surface area (Å²) in [6.45, 7) is 0. The highest BCUT2D eigenvalue weighted by atomic mass is 32.1. The molecule has 0 atom stereocenters. The molecule has 4 rings (SSSR count). The predicted octanol–water partition coefficient (Wildman–Crippen LogP) is 3.91. The van der Waals surface area contributed by atoms with Crippen LogP contribution in [0.3, 0.4) is 0 Å². The standard InChI is InChI=1S/C15H9N3S/c1-2-4-13-10(3-1)7-11(8-16-13)14-12-5-6-19-15(12)18-9-17-14/h1-9H. The van der Waals surface area contributed by atoms with Crippen molar-refractivity contribution in [2.75, 3.05) is 0 Å². The molecule has 3 heterocycles. The second-order valence-corrected chi connectivity index (χ2v) is 5.17. The Hall–Kier alpha value is -2.33. The molecule has 0 saturated heterocycles. The number of aromatic nitrogens is 3. The van der Waals surface area contributed by atoms with Crippen LogP contribution in [0.2, 0.25) is 0 Å². The Balaban J connectivity index is 2.01. The van der Waals surface area contributed by atoms with Crippen LogP contribution in [-0.2, 0) is 0 Å². The third-order valence-corrected chi connectivity index (χ3v) is 3.95. The molecule has 3 nitrogen and oxygen atoms in total. The van der Waals surface area contributed by atoms with E-state index in [-0.39, 0.29) is 0 Å². The van der Waals surface area contributed by atoms with Gasteiger partial charge in [0.25, 0.3) is 0 Å². The third kappa shape index (κ3) is 1.69. The van der Waals surface area contributed by atoms with E-state index in [0.717, 1.165) is 32.4 Å². The highest BCUT2D eigenvalue weighted by molar-refractivity contribution is 7.16. The van der Waals surface area contributed by atoms with Crippen molar-refractivity contribution < 1.29 is 0 Å². The van der Waals surface area contributed by atoms with E-state index in [1.165, 1.54) is 0 Å². The Morgan fingerprint density at radius 1 is 0.947 bits per heavy atom. The van der Waals surface area contributed by atoms with Crippen LogP contribution < -0.4 is 0 Å². The van der Waals surface area contributed by atoms with Gasteiger partial charge in [-0.2, -0.15) is 0 Å². The fourth-order valence-electron chi connectivity index (χ4n) is 2.22. The monoisotopic (exact) mass is 263 g/mol. The van der Waals surface area contributed by atoms with Crippen molar-refractivity contribution in [3.63, 3.8) is 0 Å². The van der Waals surface area contributed by atoms with Crippen LogP contribution in [0.4, 0.5) is 0 Å². The molecule has 0 bridgehead atoms. The smallest absolute Gasteiger partial charge is 0.127 e. The SMILES string of the molecule is c1ccc2ncc(-c3ncnc4sccc34)cc2c1. The molecule has 19 heavy (non-hydrogen) atoms. The Morgan fingerprint density at radius 3 is 2.89 bits per heavy atom. The minimum atomic E-state index is 0.949. The Bertz CT molecular complexity index is 882. The van der Waals surface area contributed by atoms with Gasteiger partial charge in [-0.15, -0.1) is 11.3 Å². The van der Waals surface area contributed by atoms with Gasteiger partial charge in [0.15, 0.2) is 0 Å². The number of para-hydroxylation sites is 1. The van der Waals surface area contributed by atoms with Crippen LogP contribution in [0.15, 0.2) is 54.3 Å². The molecule has 0 fully saturated rings. The van der Waals surface area contributed by atoms with E-state index in [0.29, 0.717) is 0 Å². The van der Waals surface area contributed by atoms with E-state index in [2.05, 4.69) is 33.2 Å². The molecule has 0 spiro atoms. The lowest BCUT2D eigenvalue weighted by Gasteiger charge is -2.03. The first-order chi connectivity index (χ1) is 9.42. The van der Waals surface area contributed by atoms with Crippen LogP contribution in [0.5, 0.6) is 0 Å². The minimum absolute atomic E-state index is 0.949. The lowest BCUT2D eigenvalue weighted by molar-refractivity contribution is 1.23. The van der Waals surface area contributed by atoms with E-state index < -0.39 is 0 Å². The van der Waals surface area contributed by atoms with E-state index in [1.807, 2.05) is 29.8 Å². The predicted molar refractivity (Wildman–Crippen MR) is 78.2 cm³/mol. The number of hydrogen-bond acceptors (Lipinski definition) is 4. The fourth-order valence-corrected chi connectivity index (χ4v) is 2.95. The van der Waals surface area contributed by atoms with Crippen LogP contribution >= 0.6 is 11.3 Å². The molecule has 0 N–H and O–H groups in total. The van der Waals surface area contributed by atoms with E-state index in [1.54, 1.807) is 17.7 Å². The average molecular weight is 263 g/mol. The number of nitrogens with zero attached hydrogens (tertiary/aromatic N) is 3. The van der Waals surface area contributed by atoms with Gasteiger partial charge in [0.2, 0.25) is 0 Å². The van der Waals surface area contributed by atoms with Gasteiger partial charge in [0.05, 0.1) is 11.2 Å². The van der Waals surface area contributed by atoms with Crippen molar-refractivity contribution in [3.05, 3.63) is 54.3 Å². The first kappa shape index (κ1) is 10.6. The van der Waals surface area contributed by atoms with Crippen LogP contribution in [0.1, 0.15) is 0 Å². The summed E-state index contributed by atoms with van der Waals surface area (Å²) in [5, 5.41) is 4.25. The van der Waals surface area contributed by atoms with Gasteiger partial charge in [0.1, 0.15) is 11.2 Å². The third-order valence-electron chi connectivity index (χ3n) is 3.13. The topological polar surface area (TPSA) is 38.7 Å². The van der Waals surface area contributed by atoms with Crippen LogP contribution in [0, 0.1) is 0 Å². The van der Waals surface area contributed by atoms with Crippen molar-refractivity contribution in [1.82, 2.24) is 15.0 Å². The molecular weight excluding hydrogens is 254 g/mol. The maximum atomic E-state index is 4.49. The second kappa shape index (κ2) is 4.10. The van der Waals surface area contributed by atoms with Gasteiger partial charge in [0, 0.05) is 22.5 Å². The minimum Gasteiger partial charge on any atom is -0.256 e. The number of pyridine rings is 1. The zero-order valence-corrected chi connectivity index (χ0v) is 10.8. The molecule has 0 aliphatic rings. The summed E-state index contributed by atoms with van der Waals surface area (Å²) in [6.07, 6.45) is 3.49. The molecule has 0 saturated carbocycles. The van der Waals surface area contributed by atoms with Crippen LogP contribution in [0.25, 0.3) is 32.4 Å². The first-order valence-electron chi connectivity index (χ1n) is 5.95. The summed E-state index contributed by atoms with van der Waals surface area (Å²) in [7, 11) is 0. The number of fused-ring (bicyclic) bond motifs is 2. The summed E-state index contributed by atoms with van der Waals surface area (Å²) < 4.78 is 0. The van der Waals surface area contributed by atoms with Crippen molar-refractivity contribution in [2.45, 2.75) is 0 Å². The van der Waals surface area contributed by atoms with Gasteiger partial charge < -0.3 is 0 Å². The Morgan fingerprint density at radius 2 is 1.89 bits per heavy atom. The lowest BCUT2D eigenvalue weighted by atomic mass is 10.1. The summed E-state index contributed by atoms with van der Waals surface area (Å²) in [5.41, 5.74) is 2.98. The number of rotatable bonds is 1. The molecular formula is C15H9N3S. The molecule has 0 radical (unpaired) electrons. The normalized spacial score (nSPS) is 11.2.